The van der Waals surface area contributed by atoms with Gasteiger partial charge < -0.3 is 9.88 Å². The number of para-hydroxylation sites is 1. The van der Waals surface area contributed by atoms with E-state index in [4.69, 9.17) is 0 Å². The van der Waals surface area contributed by atoms with Crippen LogP contribution in [0.3, 0.4) is 0 Å². The molecule has 1 fully saturated rings. The van der Waals surface area contributed by atoms with Gasteiger partial charge in [0.2, 0.25) is 0 Å². The van der Waals surface area contributed by atoms with Gasteiger partial charge in [-0.25, -0.2) is 13.2 Å². The summed E-state index contributed by atoms with van der Waals surface area (Å²) < 4.78 is 26.8. The number of aryl methyl sites for hydroxylation is 1. The standard InChI is InChI=1S/C21H19N3O4S/c1-13-7-9-14(10-8-13)29(27,28)24-19(25)21(2)18-16(11-12-23(21)20(24)26)15-5-3-4-6-17(15)22-18/h3-10,22H,11-12H2,1-2H3/t21-/m1/s1. The first-order chi connectivity index (χ1) is 13.8. The number of aromatic nitrogens is 1. The Hall–Kier alpha value is -3.13. The minimum absolute atomic E-state index is 0.0786. The minimum Gasteiger partial charge on any atom is -0.356 e. The van der Waals surface area contributed by atoms with Gasteiger partial charge in [-0.15, -0.1) is 4.31 Å². The normalized spacial score (nSPS) is 21.6. The van der Waals surface area contributed by atoms with Gasteiger partial charge in [-0.3, -0.25) is 4.79 Å². The topological polar surface area (TPSA) is 90.6 Å². The molecule has 3 heterocycles. The lowest BCUT2D eigenvalue weighted by atomic mass is 9.87. The molecule has 0 spiro atoms. The maximum absolute atomic E-state index is 13.5. The fraction of sp³-hybridized carbons (Fsp3) is 0.238. The molecule has 0 aliphatic carbocycles. The van der Waals surface area contributed by atoms with Gasteiger partial charge in [0.25, 0.3) is 15.9 Å². The Bertz CT molecular complexity index is 1290. The lowest BCUT2D eigenvalue weighted by Gasteiger charge is -2.35. The van der Waals surface area contributed by atoms with E-state index < -0.39 is 27.5 Å². The van der Waals surface area contributed by atoms with E-state index in [0.29, 0.717) is 16.4 Å². The quantitative estimate of drug-likeness (QED) is 0.659. The number of carbonyl (C=O) groups is 2. The largest absolute Gasteiger partial charge is 0.356 e. The summed E-state index contributed by atoms with van der Waals surface area (Å²) in [7, 11) is -4.30. The molecular weight excluding hydrogens is 390 g/mol. The number of nitrogens with one attached hydrogen (secondary N) is 1. The highest BCUT2D eigenvalue weighted by Crippen LogP contribution is 2.45. The molecular formula is C21H19N3O4S. The molecule has 1 saturated heterocycles. The van der Waals surface area contributed by atoms with E-state index in [0.717, 1.165) is 22.0 Å². The van der Waals surface area contributed by atoms with E-state index >= 15 is 0 Å². The average molecular weight is 409 g/mol. The Morgan fingerprint density at radius 3 is 2.45 bits per heavy atom. The van der Waals surface area contributed by atoms with Crippen molar-refractivity contribution in [2.75, 3.05) is 6.54 Å². The first-order valence-electron chi connectivity index (χ1n) is 9.34. The zero-order valence-electron chi connectivity index (χ0n) is 16.0. The number of hydrogen-bond donors (Lipinski definition) is 1. The van der Waals surface area contributed by atoms with Crippen LogP contribution in [0, 0.1) is 6.92 Å². The second kappa shape index (κ2) is 5.70. The van der Waals surface area contributed by atoms with Crippen molar-refractivity contribution in [2.45, 2.75) is 30.7 Å². The van der Waals surface area contributed by atoms with E-state index in [9.17, 15) is 18.0 Å². The van der Waals surface area contributed by atoms with Gasteiger partial charge in [0.15, 0.2) is 5.54 Å². The first-order valence-corrected chi connectivity index (χ1v) is 10.8. The maximum atomic E-state index is 13.5. The number of amides is 3. The summed E-state index contributed by atoms with van der Waals surface area (Å²) in [4.78, 5) is 31.1. The number of rotatable bonds is 2. The second-order valence-electron chi connectivity index (χ2n) is 7.67. The Morgan fingerprint density at radius 2 is 1.72 bits per heavy atom. The summed E-state index contributed by atoms with van der Waals surface area (Å²) in [6.45, 7) is 3.72. The SMILES string of the molecule is Cc1ccc(S(=O)(=O)N2C(=O)N3CCc4c([nH]c5ccccc45)[C@]3(C)C2=O)cc1. The lowest BCUT2D eigenvalue weighted by molar-refractivity contribution is -0.130. The highest BCUT2D eigenvalue weighted by atomic mass is 32.2. The first kappa shape index (κ1) is 17.9. The number of H-pyrrole nitrogens is 1. The minimum atomic E-state index is -4.30. The Morgan fingerprint density at radius 1 is 1.03 bits per heavy atom. The number of fused-ring (bicyclic) bond motifs is 5. The van der Waals surface area contributed by atoms with E-state index in [1.54, 1.807) is 19.1 Å². The molecule has 7 nitrogen and oxygen atoms in total. The molecule has 1 atom stereocenters. The van der Waals surface area contributed by atoms with Gasteiger partial charge in [0.1, 0.15) is 0 Å². The van der Waals surface area contributed by atoms with Crippen LogP contribution in [-0.4, -0.2) is 41.1 Å². The van der Waals surface area contributed by atoms with E-state index in [-0.39, 0.29) is 11.4 Å². The molecule has 0 bridgehead atoms. The summed E-state index contributed by atoms with van der Waals surface area (Å²) in [5.41, 5.74) is 1.90. The van der Waals surface area contributed by atoms with Crippen LogP contribution in [0.15, 0.2) is 53.4 Å². The molecule has 2 aliphatic rings. The van der Waals surface area contributed by atoms with Crippen molar-refractivity contribution in [3.8, 4) is 0 Å². The van der Waals surface area contributed by atoms with Crippen LogP contribution in [-0.2, 0) is 26.8 Å². The van der Waals surface area contributed by atoms with Crippen LogP contribution in [0.2, 0.25) is 0 Å². The van der Waals surface area contributed by atoms with Gasteiger partial charge in [0, 0.05) is 17.4 Å². The molecule has 8 heteroatoms. The summed E-state index contributed by atoms with van der Waals surface area (Å²) in [6.07, 6.45) is 0.548. The molecule has 0 unspecified atom stereocenters. The predicted molar refractivity (Wildman–Crippen MR) is 107 cm³/mol. The van der Waals surface area contributed by atoms with Gasteiger partial charge >= 0.3 is 6.03 Å². The van der Waals surface area contributed by atoms with Gasteiger partial charge in [-0.2, -0.15) is 0 Å². The van der Waals surface area contributed by atoms with Crippen molar-refractivity contribution in [1.82, 2.24) is 14.2 Å². The molecule has 2 aliphatic heterocycles. The van der Waals surface area contributed by atoms with Crippen molar-refractivity contribution >= 4 is 32.9 Å². The Kier molecular flexibility index (Phi) is 3.52. The Labute approximate surface area is 168 Å². The van der Waals surface area contributed by atoms with Crippen molar-refractivity contribution < 1.29 is 18.0 Å². The lowest BCUT2D eigenvalue weighted by Crippen LogP contribution is -2.49. The third kappa shape index (κ3) is 2.20. The van der Waals surface area contributed by atoms with Gasteiger partial charge in [-0.05, 0) is 44.0 Å². The molecule has 148 valence electrons. The van der Waals surface area contributed by atoms with E-state index in [1.165, 1.54) is 17.0 Å². The fourth-order valence-electron chi connectivity index (χ4n) is 4.39. The molecule has 0 radical (unpaired) electrons. The number of carbonyl (C=O) groups excluding carboxylic acids is 2. The third-order valence-corrected chi connectivity index (χ3v) is 7.66. The monoisotopic (exact) mass is 409 g/mol. The number of sulfonamides is 1. The summed E-state index contributed by atoms with van der Waals surface area (Å²) in [5, 5.41) is 0.989. The molecule has 3 aromatic rings. The highest BCUT2D eigenvalue weighted by molar-refractivity contribution is 7.90. The summed E-state index contributed by atoms with van der Waals surface area (Å²) in [5.74, 6) is -0.754. The molecule has 2 aromatic carbocycles. The predicted octanol–water partition coefficient (Wildman–Crippen LogP) is 2.90. The third-order valence-electron chi connectivity index (χ3n) is 5.99. The number of benzene rings is 2. The van der Waals surface area contributed by atoms with Crippen LogP contribution in [0.25, 0.3) is 10.9 Å². The summed E-state index contributed by atoms with van der Waals surface area (Å²) in [6, 6.07) is 13.0. The molecule has 0 saturated carbocycles. The number of imide groups is 1. The van der Waals surface area contributed by atoms with Crippen molar-refractivity contribution in [3.05, 3.63) is 65.4 Å². The molecule has 1 aromatic heterocycles. The highest BCUT2D eigenvalue weighted by Gasteiger charge is 2.62. The Balaban J connectivity index is 1.67. The number of urea groups is 1. The molecule has 5 rings (SSSR count). The van der Waals surface area contributed by atoms with E-state index in [1.807, 2.05) is 31.2 Å². The zero-order valence-corrected chi connectivity index (χ0v) is 16.8. The second-order valence-corrected chi connectivity index (χ2v) is 9.45. The smallest absolute Gasteiger partial charge is 0.342 e. The number of hydrogen-bond acceptors (Lipinski definition) is 4. The average Bonchev–Trinajstić information content (AvgIpc) is 3.17. The summed E-state index contributed by atoms with van der Waals surface area (Å²) >= 11 is 0. The number of aromatic amines is 1. The van der Waals surface area contributed by atoms with Crippen molar-refractivity contribution in [1.29, 1.82) is 0 Å². The molecule has 1 N–H and O–H groups in total. The van der Waals surface area contributed by atoms with Crippen LogP contribution >= 0.6 is 0 Å². The van der Waals surface area contributed by atoms with Crippen LogP contribution < -0.4 is 0 Å². The maximum Gasteiger partial charge on any atom is 0.342 e. The van der Waals surface area contributed by atoms with Crippen LogP contribution in [0.4, 0.5) is 4.79 Å². The van der Waals surface area contributed by atoms with Crippen molar-refractivity contribution in [3.63, 3.8) is 0 Å². The van der Waals surface area contributed by atoms with Crippen LogP contribution in [0.5, 0.6) is 0 Å². The molecule has 29 heavy (non-hydrogen) atoms. The van der Waals surface area contributed by atoms with E-state index in [2.05, 4.69) is 4.98 Å². The molecule has 3 amide bonds. The van der Waals surface area contributed by atoms with Crippen LogP contribution in [0.1, 0.15) is 23.7 Å². The van der Waals surface area contributed by atoms with Gasteiger partial charge in [-0.1, -0.05) is 35.9 Å². The van der Waals surface area contributed by atoms with Crippen molar-refractivity contribution in [2.24, 2.45) is 0 Å². The fourth-order valence-corrected chi connectivity index (χ4v) is 5.78. The zero-order chi connectivity index (χ0) is 20.6. The van der Waals surface area contributed by atoms with Gasteiger partial charge in [0.05, 0.1) is 10.6 Å². The number of nitrogens with zero attached hydrogens (tertiary/aromatic N) is 2.